The van der Waals surface area contributed by atoms with Crippen molar-refractivity contribution in [2.45, 2.75) is 31.5 Å². The van der Waals surface area contributed by atoms with E-state index in [0.717, 1.165) is 18.2 Å². The maximum atomic E-state index is 14.0. The Kier molecular flexibility index (Phi) is 5.46. The zero-order valence-electron chi connectivity index (χ0n) is 15.9. The lowest BCUT2D eigenvalue weighted by Gasteiger charge is -2.23. The lowest BCUT2D eigenvalue weighted by atomic mass is 9.86. The summed E-state index contributed by atoms with van der Waals surface area (Å²) < 4.78 is 80.2. The number of amides is 2. The standard InChI is InChI=1S/C18H18F6N4O2/c1-17(20,21)14-9(19)4-3-5-10(14)25-15(29)13-8(7-28(2)16(13)30)11-6-12(27-26-11)18(22,23)24/h3-5,8,11,13,26H,6-7H2,1-2H3,(H,25,29)/t8-,11?,13+/m1/s1. The molecule has 2 aliphatic rings. The molecule has 30 heavy (non-hydrogen) atoms. The van der Waals surface area contributed by atoms with Crippen molar-refractivity contribution in [3.8, 4) is 0 Å². The van der Waals surface area contributed by atoms with Crippen LogP contribution in [0.4, 0.5) is 32.0 Å². The van der Waals surface area contributed by atoms with Crippen LogP contribution in [0.15, 0.2) is 23.3 Å². The van der Waals surface area contributed by atoms with Gasteiger partial charge in [0.2, 0.25) is 11.8 Å². The molecule has 3 rings (SSSR count). The number of hydrogen-bond donors (Lipinski definition) is 2. The SMILES string of the molecule is CN1C[C@H](C2CC(C(F)(F)F)=NN2)[C@@H](C(=O)Nc2cccc(F)c2C(C)(F)F)C1=O. The number of benzene rings is 1. The molecule has 1 saturated heterocycles. The molecule has 1 aromatic carbocycles. The molecule has 12 heteroatoms. The first kappa shape index (κ1) is 21.9. The topological polar surface area (TPSA) is 73.8 Å². The fraction of sp³-hybridized carbons (Fsp3) is 0.500. The van der Waals surface area contributed by atoms with Crippen LogP contribution in [0.2, 0.25) is 0 Å². The normalized spacial score (nSPS) is 24.7. The number of halogens is 6. The minimum Gasteiger partial charge on any atom is -0.345 e. The molecule has 2 heterocycles. The summed E-state index contributed by atoms with van der Waals surface area (Å²) in [7, 11) is 1.37. The summed E-state index contributed by atoms with van der Waals surface area (Å²) in [4.78, 5) is 26.4. The summed E-state index contributed by atoms with van der Waals surface area (Å²) in [6, 6.07) is 2.02. The van der Waals surface area contributed by atoms with Gasteiger partial charge in [0, 0.05) is 32.9 Å². The highest BCUT2D eigenvalue weighted by molar-refractivity contribution is 6.08. The molecule has 0 aromatic heterocycles. The van der Waals surface area contributed by atoms with Gasteiger partial charge < -0.3 is 15.6 Å². The Morgan fingerprint density at radius 3 is 2.50 bits per heavy atom. The Labute approximate surface area is 167 Å². The molecule has 2 aliphatic heterocycles. The first-order valence-electron chi connectivity index (χ1n) is 8.92. The third-order valence-corrected chi connectivity index (χ3v) is 5.17. The molecule has 1 unspecified atom stereocenters. The first-order valence-corrected chi connectivity index (χ1v) is 8.92. The van der Waals surface area contributed by atoms with Crippen molar-refractivity contribution < 1.29 is 35.9 Å². The molecule has 0 aliphatic carbocycles. The molecule has 1 aromatic rings. The van der Waals surface area contributed by atoms with Gasteiger partial charge in [0.1, 0.15) is 17.4 Å². The smallest absolute Gasteiger partial charge is 0.345 e. The molecule has 3 atom stereocenters. The maximum Gasteiger partial charge on any atom is 0.431 e. The van der Waals surface area contributed by atoms with Crippen LogP contribution in [-0.4, -0.2) is 48.2 Å². The third-order valence-electron chi connectivity index (χ3n) is 5.17. The van der Waals surface area contributed by atoms with E-state index in [1.807, 2.05) is 0 Å². The Hall–Kier alpha value is -2.79. The van der Waals surface area contributed by atoms with Gasteiger partial charge in [-0.25, -0.2) is 13.2 Å². The lowest BCUT2D eigenvalue weighted by Crippen LogP contribution is -2.41. The van der Waals surface area contributed by atoms with Crippen molar-refractivity contribution in [2.24, 2.45) is 16.9 Å². The number of carbonyl (C=O) groups excluding carboxylic acids is 2. The van der Waals surface area contributed by atoms with Crippen molar-refractivity contribution in [2.75, 3.05) is 18.9 Å². The van der Waals surface area contributed by atoms with Gasteiger partial charge in [-0.2, -0.15) is 18.3 Å². The predicted octanol–water partition coefficient (Wildman–Crippen LogP) is 2.86. The summed E-state index contributed by atoms with van der Waals surface area (Å²) in [5, 5.41) is 5.40. The van der Waals surface area contributed by atoms with Crippen molar-refractivity contribution in [3.05, 3.63) is 29.6 Å². The second kappa shape index (κ2) is 7.47. The number of anilines is 1. The summed E-state index contributed by atoms with van der Waals surface area (Å²) >= 11 is 0. The number of rotatable bonds is 4. The minimum atomic E-state index is -4.66. The van der Waals surface area contributed by atoms with Crippen molar-refractivity contribution >= 4 is 23.2 Å². The number of carbonyl (C=O) groups is 2. The predicted molar refractivity (Wildman–Crippen MR) is 94.2 cm³/mol. The number of nitrogens with zero attached hydrogens (tertiary/aromatic N) is 2. The van der Waals surface area contributed by atoms with Crippen LogP contribution in [0, 0.1) is 17.7 Å². The van der Waals surface area contributed by atoms with Crippen LogP contribution >= 0.6 is 0 Å². The molecular weight excluding hydrogens is 418 g/mol. The largest absolute Gasteiger partial charge is 0.431 e. The molecule has 6 nitrogen and oxygen atoms in total. The number of hydrogen-bond acceptors (Lipinski definition) is 4. The first-order chi connectivity index (χ1) is 13.8. The number of likely N-dealkylation sites (tertiary alicyclic amines) is 1. The maximum absolute atomic E-state index is 14.0. The summed E-state index contributed by atoms with van der Waals surface area (Å²) in [6.45, 7) is 0.423. The number of nitrogens with one attached hydrogen (secondary N) is 2. The number of alkyl halides is 5. The van der Waals surface area contributed by atoms with Crippen LogP contribution in [0.3, 0.4) is 0 Å². The monoisotopic (exact) mass is 436 g/mol. The zero-order valence-corrected chi connectivity index (χ0v) is 15.9. The van der Waals surface area contributed by atoms with Gasteiger partial charge in [-0.15, -0.1) is 0 Å². The van der Waals surface area contributed by atoms with Gasteiger partial charge in [0.25, 0.3) is 5.92 Å². The Balaban J connectivity index is 1.85. The minimum absolute atomic E-state index is 0.0326. The molecule has 0 spiro atoms. The number of hydrazone groups is 1. The molecule has 1 fully saturated rings. The van der Waals surface area contributed by atoms with E-state index in [2.05, 4.69) is 15.8 Å². The quantitative estimate of drug-likeness (QED) is 0.563. The van der Waals surface area contributed by atoms with Gasteiger partial charge in [-0.1, -0.05) is 6.07 Å². The highest BCUT2D eigenvalue weighted by atomic mass is 19.4. The van der Waals surface area contributed by atoms with Gasteiger partial charge in [-0.3, -0.25) is 9.59 Å². The highest BCUT2D eigenvalue weighted by Crippen LogP contribution is 2.37. The average molecular weight is 436 g/mol. The molecular formula is C18H18F6N4O2. The van der Waals surface area contributed by atoms with E-state index in [9.17, 15) is 35.9 Å². The van der Waals surface area contributed by atoms with Crippen LogP contribution in [0.5, 0.6) is 0 Å². The Morgan fingerprint density at radius 1 is 1.27 bits per heavy atom. The van der Waals surface area contributed by atoms with Gasteiger partial charge in [-0.05, 0) is 12.1 Å². The van der Waals surface area contributed by atoms with Gasteiger partial charge in [0.05, 0.1) is 17.3 Å². The molecule has 0 radical (unpaired) electrons. The van der Waals surface area contributed by atoms with Crippen LogP contribution in [0.1, 0.15) is 18.9 Å². The molecule has 2 amide bonds. The van der Waals surface area contributed by atoms with E-state index in [-0.39, 0.29) is 6.54 Å². The van der Waals surface area contributed by atoms with Crippen LogP contribution in [0.25, 0.3) is 0 Å². The van der Waals surface area contributed by atoms with Crippen LogP contribution < -0.4 is 10.7 Å². The zero-order chi connectivity index (χ0) is 22.4. The van der Waals surface area contributed by atoms with E-state index >= 15 is 0 Å². The van der Waals surface area contributed by atoms with E-state index in [1.165, 1.54) is 11.9 Å². The fourth-order valence-corrected chi connectivity index (χ4v) is 3.77. The second-order valence-corrected chi connectivity index (χ2v) is 7.40. The van der Waals surface area contributed by atoms with E-state index in [1.54, 1.807) is 0 Å². The van der Waals surface area contributed by atoms with Crippen molar-refractivity contribution in [1.82, 2.24) is 10.3 Å². The third kappa shape index (κ3) is 4.08. The van der Waals surface area contributed by atoms with E-state index in [0.29, 0.717) is 6.92 Å². The molecule has 2 N–H and O–H groups in total. The molecule has 164 valence electrons. The summed E-state index contributed by atoms with van der Waals surface area (Å²) in [6.07, 6.45) is -5.20. The average Bonchev–Trinajstić information content (AvgIpc) is 3.19. The molecule has 0 saturated carbocycles. The summed E-state index contributed by atoms with van der Waals surface area (Å²) in [5.41, 5.74) is -0.304. The van der Waals surface area contributed by atoms with E-state index < -0.39 is 71.0 Å². The summed E-state index contributed by atoms with van der Waals surface area (Å²) in [5.74, 6) is -8.89. The van der Waals surface area contributed by atoms with Gasteiger partial charge in [0.15, 0.2) is 0 Å². The second-order valence-electron chi connectivity index (χ2n) is 7.40. The Bertz CT molecular complexity index is 896. The Morgan fingerprint density at radius 2 is 1.93 bits per heavy atom. The lowest BCUT2D eigenvalue weighted by molar-refractivity contribution is -0.135. The van der Waals surface area contributed by atoms with Crippen molar-refractivity contribution in [1.29, 1.82) is 0 Å². The van der Waals surface area contributed by atoms with Crippen LogP contribution in [-0.2, 0) is 15.5 Å². The van der Waals surface area contributed by atoms with Crippen molar-refractivity contribution in [3.63, 3.8) is 0 Å². The fourth-order valence-electron chi connectivity index (χ4n) is 3.77. The van der Waals surface area contributed by atoms with Gasteiger partial charge >= 0.3 is 6.18 Å². The highest BCUT2D eigenvalue weighted by Gasteiger charge is 2.51. The molecule has 0 bridgehead atoms. The van der Waals surface area contributed by atoms with E-state index in [4.69, 9.17) is 0 Å².